The van der Waals surface area contributed by atoms with Crippen molar-refractivity contribution in [2.24, 2.45) is 0 Å². The molecular weight excluding hydrogens is 436 g/mol. The van der Waals surface area contributed by atoms with Crippen LogP contribution in [-0.4, -0.2) is 45.1 Å². The Morgan fingerprint density at radius 1 is 1.12 bits per heavy atom. The number of fused-ring (bicyclic) bond motifs is 1. The molecule has 0 spiro atoms. The van der Waals surface area contributed by atoms with Crippen LogP contribution in [0.4, 0.5) is 5.82 Å². The van der Waals surface area contributed by atoms with Gasteiger partial charge in [-0.15, -0.1) is 0 Å². The highest BCUT2D eigenvalue weighted by Crippen LogP contribution is 2.33. The average Bonchev–Trinajstić information content (AvgIpc) is 3.56. The molecule has 0 bridgehead atoms. The Morgan fingerprint density at radius 2 is 1.94 bits per heavy atom. The van der Waals surface area contributed by atoms with Gasteiger partial charge in [0.05, 0.1) is 24.2 Å². The SMILES string of the molecule is CC1(C)Cc2nc(-c3ccccc3)nc(NN(C(=O)c3ccco3)C(=O)C3CCCO3)c2CO1. The van der Waals surface area contributed by atoms with E-state index in [1.54, 1.807) is 6.07 Å². The van der Waals surface area contributed by atoms with Crippen LogP contribution < -0.4 is 5.43 Å². The van der Waals surface area contributed by atoms with Crippen LogP contribution in [0.5, 0.6) is 0 Å². The van der Waals surface area contributed by atoms with E-state index in [-0.39, 0.29) is 12.4 Å². The molecule has 0 radical (unpaired) electrons. The van der Waals surface area contributed by atoms with Crippen LogP contribution in [0, 0.1) is 0 Å². The molecule has 1 N–H and O–H groups in total. The fourth-order valence-electron chi connectivity index (χ4n) is 4.10. The van der Waals surface area contributed by atoms with E-state index < -0.39 is 23.5 Å². The zero-order valence-corrected chi connectivity index (χ0v) is 19.1. The number of benzene rings is 1. The molecule has 2 amide bonds. The summed E-state index contributed by atoms with van der Waals surface area (Å²) in [5.41, 5.74) is 4.91. The number of imide groups is 1. The first-order valence-electron chi connectivity index (χ1n) is 11.3. The maximum atomic E-state index is 13.3. The predicted molar refractivity (Wildman–Crippen MR) is 123 cm³/mol. The topological polar surface area (TPSA) is 107 Å². The molecule has 5 rings (SSSR count). The van der Waals surface area contributed by atoms with E-state index in [0.717, 1.165) is 22.7 Å². The van der Waals surface area contributed by atoms with Crippen LogP contribution in [0.25, 0.3) is 11.4 Å². The first-order chi connectivity index (χ1) is 16.4. The lowest BCUT2D eigenvalue weighted by Crippen LogP contribution is -2.47. The Morgan fingerprint density at radius 3 is 2.65 bits per heavy atom. The fourth-order valence-corrected chi connectivity index (χ4v) is 4.10. The maximum absolute atomic E-state index is 13.3. The molecule has 4 heterocycles. The molecule has 0 saturated carbocycles. The summed E-state index contributed by atoms with van der Waals surface area (Å²) < 4.78 is 16.8. The number of anilines is 1. The van der Waals surface area contributed by atoms with Gasteiger partial charge >= 0.3 is 5.91 Å². The van der Waals surface area contributed by atoms with Crippen LogP contribution in [0.15, 0.2) is 53.1 Å². The van der Waals surface area contributed by atoms with Crippen molar-refractivity contribution in [2.75, 3.05) is 12.0 Å². The van der Waals surface area contributed by atoms with Crippen LogP contribution >= 0.6 is 0 Å². The lowest BCUT2D eigenvalue weighted by atomic mass is 9.96. The molecule has 2 aromatic heterocycles. The monoisotopic (exact) mass is 462 g/mol. The second-order valence-corrected chi connectivity index (χ2v) is 8.98. The number of aromatic nitrogens is 2. The van der Waals surface area contributed by atoms with Crippen molar-refractivity contribution in [1.29, 1.82) is 0 Å². The van der Waals surface area contributed by atoms with Crippen LogP contribution in [0.3, 0.4) is 0 Å². The number of carbonyl (C=O) groups excluding carboxylic acids is 2. The Balaban J connectivity index is 1.57. The number of hydrogen-bond donors (Lipinski definition) is 1. The van der Waals surface area contributed by atoms with Gasteiger partial charge in [-0.05, 0) is 38.8 Å². The quantitative estimate of drug-likeness (QED) is 0.451. The number of nitrogens with zero attached hydrogens (tertiary/aromatic N) is 3. The third kappa shape index (κ3) is 4.44. The molecule has 2 aliphatic rings. The number of ether oxygens (including phenoxy) is 2. The molecule has 1 fully saturated rings. The smallest absolute Gasteiger partial charge is 0.315 e. The number of furan rings is 1. The number of carbonyl (C=O) groups is 2. The van der Waals surface area contributed by atoms with Crippen LogP contribution in [-0.2, 0) is 27.3 Å². The average molecular weight is 463 g/mol. The van der Waals surface area contributed by atoms with Crippen molar-refractivity contribution in [3.63, 3.8) is 0 Å². The minimum atomic E-state index is -0.715. The van der Waals surface area contributed by atoms with E-state index in [2.05, 4.69) is 5.43 Å². The largest absolute Gasteiger partial charge is 0.459 e. The molecule has 1 aromatic carbocycles. The molecule has 3 aromatic rings. The number of rotatable bonds is 5. The third-order valence-electron chi connectivity index (χ3n) is 5.90. The number of hydrogen-bond acceptors (Lipinski definition) is 8. The summed E-state index contributed by atoms with van der Waals surface area (Å²) in [4.78, 5) is 36.1. The Hall–Kier alpha value is -3.56. The third-order valence-corrected chi connectivity index (χ3v) is 5.90. The second-order valence-electron chi connectivity index (χ2n) is 8.98. The first kappa shape index (κ1) is 22.2. The molecule has 1 unspecified atom stereocenters. The molecular formula is C25H26N4O5. The summed E-state index contributed by atoms with van der Waals surface area (Å²) in [7, 11) is 0. The van der Waals surface area contributed by atoms with E-state index in [1.807, 2.05) is 44.2 Å². The van der Waals surface area contributed by atoms with E-state index in [1.165, 1.54) is 12.3 Å². The van der Waals surface area contributed by atoms with Gasteiger partial charge in [-0.2, -0.15) is 5.01 Å². The van der Waals surface area contributed by atoms with E-state index >= 15 is 0 Å². The van der Waals surface area contributed by atoms with E-state index in [9.17, 15) is 9.59 Å². The summed E-state index contributed by atoms with van der Waals surface area (Å²) >= 11 is 0. The second kappa shape index (κ2) is 9.00. The molecule has 1 saturated heterocycles. The Labute approximate surface area is 197 Å². The van der Waals surface area contributed by atoms with Gasteiger partial charge in [0.2, 0.25) is 0 Å². The zero-order valence-electron chi connectivity index (χ0n) is 19.1. The minimum absolute atomic E-state index is 0.0300. The van der Waals surface area contributed by atoms with Gasteiger partial charge in [-0.3, -0.25) is 15.0 Å². The van der Waals surface area contributed by atoms with Crippen molar-refractivity contribution in [3.8, 4) is 11.4 Å². The number of hydrazine groups is 1. The Kier molecular flexibility index (Phi) is 5.89. The zero-order chi connectivity index (χ0) is 23.7. The van der Waals surface area contributed by atoms with E-state index in [4.69, 9.17) is 23.9 Å². The normalized spacial score (nSPS) is 18.8. The van der Waals surface area contributed by atoms with Gasteiger partial charge in [0.1, 0.15) is 6.10 Å². The molecule has 0 aliphatic carbocycles. The van der Waals surface area contributed by atoms with Gasteiger partial charge in [0.15, 0.2) is 17.4 Å². The van der Waals surface area contributed by atoms with Gasteiger partial charge in [-0.1, -0.05) is 30.3 Å². The highest BCUT2D eigenvalue weighted by molar-refractivity contribution is 6.05. The summed E-state index contributed by atoms with van der Waals surface area (Å²) in [5.74, 6) is -0.261. The molecule has 2 aliphatic heterocycles. The Bertz CT molecular complexity index is 1190. The number of amides is 2. The lowest BCUT2D eigenvalue weighted by molar-refractivity contribution is -0.137. The van der Waals surface area contributed by atoms with Crippen molar-refractivity contribution >= 4 is 17.6 Å². The maximum Gasteiger partial charge on any atom is 0.315 e. The highest BCUT2D eigenvalue weighted by atomic mass is 16.5. The lowest BCUT2D eigenvalue weighted by Gasteiger charge is -2.33. The summed E-state index contributed by atoms with van der Waals surface area (Å²) in [6.45, 7) is 4.72. The van der Waals surface area contributed by atoms with Crippen LogP contribution in [0.2, 0.25) is 0 Å². The summed E-state index contributed by atoms with van der Waals surface area (Å²) in [6.07, 6.45) is 2.52. The van der Waals surface area contributed by atoms with Gasteiger partial charge < -0.3 is 13.9 Å². The molecule has 9 nitrogen and oxygen atoms in total. The summed E-state index contributed by atoms with van der Waals surface area (Å²) in [6, 6.07) is 12.7. The fraction of sp³-hybridized carbons (Fsp3) is 0.360. The molecule has 1 atom stereocenters. The predicted octanol–water partition coefficient (Wildman–Crippen LogP) is 3.76. The summed E-state index contributed by atoms with van der Waals surface area (Å²) in [5, 5.41) is 0.936. The first-order valence-corrected chi connectivity index (χ1v) is 11.3. The highest BCUT2D eigenvalue weighted by Gasteiger charge is 2.36. The van der Waals surface area contributed by atoms with Gasteiger partial charge in [-0.25, -0.2) is 9.97 Å². The van der Waals surface area contributed by atoms with Crippen LogP contribution in [0.1, 0.15) is 48.5 Å². The molecule has 34 heavy (non-hydrogen) atoms. The van der Waals surface area contributed by atoms with Crippen molar-refractivity contribution in [3.05, 3.63) is 65.7 Å². The standard InChI is InChI=1S/C25H26N4O5/c1-25(2)14-18-17(15-34-25)22(27-21(26-18)16-8-4-3-5-9-16)28-29(23(30)19-10-6-12-32-19)24(31)20-11-7-13-33-20/h3-6,8-10,12,20H,7,11,13-15H2,1-2H3,(H,26,27,28). The minimum Gasteiger partial charge on any atom is -0.459 e. The van der Waals surface area contributed by atoms with Crippen molar-refractivity contribution in [1.82, 2.24) is 15.0 Å². The molecule has 9 heteroatoms. The van der Waals surface area contributed by atoms with Gasteiger partial charge in [0, 0.05) is 24.2 Å². The van der Waals surface area contributed by atoms with Crippen molar-refractivity contribution < 1.29 is 23.5 Å². The molecule has 176 valence electrons. The van der Waals surface area contributed by atoms with Gasteiger partial charge in [0.25, 0.3) is 5.91 Å². The number of nitrogens with one attached hydrogen (secondary N) is 1. The van der Waals surface area contributed by atoms with Crippen molar-refractivity contribution in [2.45, 2.75) is 51.4 Å². The van der Waals surface area contributed by atoms with E-state index in [0.29, 0.717) is 36.7 Å².